The van der Waals surface area contributed by atoms with Crippen LogP contribution in [0.2, 0.25) is 0 Å². The van der Waals surface area contributed by atoms with Crippen LogP contribution in [-0.2, 0) is 22.5 Å². The number of rotatable bonds is 8. The highest BCUT2D eigenvalue weighted by molar-refractivity contribution is 7.99. The monoisotopic (exact) mass is 618 g/mol. The average molecular weight is 619 g/mol. The normalized spacial score (nSPS) is 15.4. The van der Waals surface area contributed by atoms with Crippen LogP contribution >= 0.6 is 11.8 Å². The molecule has 0 radical (unpaired) electrons. The Hall–Kier alpha value is -4.06. The quantitative estimate of drug-likeness (QED) is 0.215. The number of Topliss-reactive ketones (excluding diaryl/α,β-unsaturated/α-hetero) is 1. The molecule has 1 aliphatic rings. The Morgan fingerprint density at radius 2 is 1.67 bits per heavy atom. The first-order chi connectivity index (χ1) is 20.2. The predicted molar refractivity (Wildman–Crippen MR) is 154 cm³/mol. The van der Waals surface area contributed by atoms with Gasteiger partial charge in [-0.3, -0.25) is 9.59 Å². The van der Waals surface area contributed by atoms with Gasteiger partial charge in [0.25, 0.3) is 5.91 Å². The van der Waals surface area contributed by atoms with Crippen LogP contribution in [0.1, 0.15) is 48.7 Å². The van der Waals surface area contributed by atoms with Crippen LogP contribution in [0.15, 0.2) is 71.6 Å². The molecule has 0 saturated carbocycles. The van der Waals surface area contributed by atoms with E-state index in [1.165, 1.54) is 29.2 Å². The molecular formula is C31H30F4N2O5S. The molecule has 12 heteroatoms. The number of fused-ring (bicyclic) bond motifs is 1. The van der Waals surface area contributed by atoms with E-state index < -0.39 is 47.4 Å². The Bertz CT molecular complexity index is 1470. The van der Waals surface area contributed by atoms with Gasteiger partial charge in [-0.05, 0) is 62.6 Å². The number of ether oxygens (including phenoxy) is 2. The minimum Gasteiger partial charge on any atom is -0.444 e. The number of alkyl carbamates (subject to hydrolysis) is 1. The SMILES string of the molecule is CC(C)(C)OC(=O)N[C@H]1CSc2cc(F)c(C(=O)CCc3ccccc3)cc2N(Cc2ccc(OC(F)(F)F)cc2)C1=O. The summed E-state index contributed by atoms with van der Waals surface area (Å²) in [6.45, 7) is 4.87. The van der Waals surface area contributed by atoms with Crippen LogP contribution in [0.25, 0.3) is 0 Å². The van der Waals surface area contributed by atoms with Crippen LogP contribution in [0.5, 0.6) is 5.75 Å². The molecule has 0 saturated heterocycles. The van der Waals surface area contributed by atoms with Gasteiger partial charge in [0.05, 0.1) is 17.8 Å². The first-order valence-corrected chi connectivity index (χ1v) is 14.4. The van der Waals surface area contributed by atoms with Crippen molar-refractivity contribution in [3.05, 3.63) is 89.2 Å². The highest BCUT2D eigenvalue weighted by Crippen LogP contribution is 2.38. The van der Waals surface area contributed by atoms with Crippen LogP contribution in [0.3, 0.4) is 0 Å². The molecule has 0 bridgehead atoms. The molecule has 0 fully saturated rings. The fraction of sp³-hybridized carbons (Fsp3) is 0.323. The smallest absolute Gasteiger partial charge is 0.444 e. The van der Waals surface area contributed by atoms with E-state index in [-0.39, 0.29) is 30.0 Å². The first kappa shape index (κ1) is 31.9. The molecule has 0 aromatic heterocycles. The molecule has 3 aromatic carbocycles. The summed E-state index contributed by atoms with van der Waals surface area (Å²) in [6, 6.07) is 15.6. The van der Waals surface area contributed by atoms with Crippen molar-refractivity contribution in [3.63, 3.8) is 0 Å². The van der Waals surface area contributed by atoms with E-state index in [1.807, 2.05) is 30.3 Å². The van der Waals surface area contributed by atoms with Gasteiger partial charge in [0.2, 0.25) is 0 Å². The Morgan fingerprint density at radius 1 is 1.00 bits per heavy atom. The highest BCUT2D eigenvalue weighted by atomic mass is 32.2. The Labute approximate surface area is 250 Å². The number of alkyl halides is 3. The Kier molecular flexibility index (Phi) is 9.69. The van der Waals surface area contributed by atoms with Crippen LogP contribution < -0.4 is 15.0 Å². The van der Waals surface area contributed by atoms with E-state index in [0.717, 1.165) is 29.5 Å². The van der Waals surface area contributed by atoms with Gasteiger partial charge in [-0.15, -0.1) is 24.9 Å². The van der Waals surface area contributed by atoms with Gasteiger partial charge in [-0.2, -0.15) is 0 Å². The van der Waals surface area contributed by atoms with Crippen molar-refractivity contribution in [3.8, 4) is 5.75 Å². The number of ketones is 1. The number of carbonyl (C=O) groups is 3. The summed E-state index contributed by atoms with van der Waals surface area (Å²) in [6.07, 6.45) is -5.27. The van der Waals surface area contributed by atoms with Crippen molar-refractivity contribution in [1.29, 1.82) is 0 Å². The molecule has 1 heterocycles. The lowest BCUT2D eigenvalue weighted by atomic mass is 10.0. The van der Waals surface area contributed by atoms with Crippen molar-refractivity contribution in [1.82, 2.24) is 5.32 Å². The fourth-order valence-electron chi connectivity index (χ4n) is 4.37. The number of aryl methyl sites for hydroxylation is 1. The van der Waals surface area contributed by atoms with E-state index in [9.17, 15) is 27.6 Å². The van der Waals surface area contributed by atoms with Crippen LogP contribution in [0, 0.1) is 5.82 Å². The number of carbonyl (C=O) groups excluding carboxylic acids is 3. The molecule has 0 spiro atoms. The number of thioether (sulfide) groups is 1. The van der Waals surface area contributed by atoms with Crippen molar-refractivity contribution >= 4 is 35.2 Å². The largest absolute Gasteiger partial charge is 0.573 e. The minimum absolute atomic E-state index is 0.0320. The van der Waals surface area contributed by atoms with E-state index in [0.29, 0.717) is 16.9 Å². The number of halogens is 4. The summed E-state index contributed by atoms with van der Waals surface area (Å²) in [4.78, 5) is 41.1. The zero-order valence-corrected chi connectivity index (χ0v) is 24.5. The van der Waals surface area contributed by atoms with E-state index in [4.69, 9.17) is 4.74 Å². The zero-order valence-electron chi connectivity index (χ0n) is 23.7. The van der Waals surface area contributed by atoms with Gasteiger partial charge >= 0.3 is 12.5 Å². The molecule has 228 valence electrons. The molecule has 0 aliphatic carbocycles. The summed E-state index contributed by atoms with van der Waals surface area (Å²) in [5.41, 5.74) is 0.556. The van der Waals surface area contributed by atoms with Crippen LogP contribution in [-0.4, -0.2) is 41.5 Å². The maximum Gasteiger partial charge on any atom is 0.573 e. The van der Waals surface area contributed by atoms with Crippen molar-refractivity contribution in [2.75, 3.05) is 10.7 Å². The molecule has 1 N–H and O–H groups in total. The predicted octanol–water partition coefficient (Wildman–Crippen LogP) is 7.07. The second-order valence-electron chi connectivity index (χ2n) is 10.8. The molecule has 43 heavy (non-hydrogen) atoms. The maximum absolute atomic E-state index is 15.3. The lowest BCUT2D eigenvalue weighted by molar-refractivity contribution is -0.274. The van der Waals surface area contributed by atoms with Crippen molar-refractivity contribution in [2.45, 2.75) is 63.1 Å². The maximum atomic E-state index is 15.3. The first-order valence-electron chi connectivity index (χ1n) is 13.4. The van der Waals surface area contributed by atoms with Crippen molar-refractivity contribution < 1.29 is 41.4 Å². The molecule has 4 rings (SSSR count). The van der Waals surface area contributed by atoms with Crippen LogP contribution in [0.4, 0.5) is 28.0 Å². The third-order valence-electron chi connectivity index (χ3n) is 6.28. The minimum atomic E-state index is -4.87. The highest BCUT2D eigenvalue weighted by Gasteiger charge is 2.35. The molecule has 7 nitrogen and oxygen atoms in total. The van der Waals surface area contributed by atoms with Gasteiger partial charge in [0.1, 0.15) is 23.2 Å². The third-order valence-corrected chi connectivity index (χ3v) is 7.42. The molecular weight excluding hydrogens is 588 g/mol. The summed E-state index contributed by atoms with van der Waals surface area (Å²) < 4.78 is 62.4. The molecule has 1 atom stereocenters. The standard InChI is InChI=1S/C31H30F4N2O5S/c1-30(2,3)42-29(40)36-24-18-43-27-16-23(32)22(26(38)14-11-19-7-5-4-6-8-19)15-25(27)37(28(24)39)17-20-9-12-21(13-10-20)41-31(33,34)35/h4-10,12-13,15-16,24H,11,14,17-18H2,1-3H3,(H,36,40)/t24-/m0/s1. The molecule has 0 unspecified atom stereocenters. The second kappa shape index (κ2) is 13.1. The number of benzene rings is 3. The Balaban J connectivity index is 1.65. The number of hydrogen-bond acceptors (Lipinski definition) is 6. The number of amides is 2. The second-order valence-corrected chi connectivity index (χ2v) is 11.9. The molecule has 3 aromatic rings. The van der Waals surface area contributed by atoms with Gasteiger partial charge in [0, 0.05) is 17.1 Å². The number of hydrogen-bond donors (Lipinski definition) is 1. The number of nitrogens with zero attached hydrogens (tertiary/aromatic N) is 1. The third kappa shape index (κ3) is 8.96. The van der Waals surface area contributed by atoms with E-state index in [1.54, 1.807) is 20.8 Å². The lowest BCUT2D eigenvalue weighted by Crippen LogP contribution is -2.50. The summed E-state index contributed by atoms with van der Waals surface area (Å²) in [7, 11) is 0. The van der Waals surface area contributed by atoms with Gasteiger partial charge < -0.3 is 19.7 Å². The lowest BCUT2D eigenvalue weighted by Gasteiger charge is -2.27. The fourth-order valence-corrected chi connectivity index (χ4v) is 5.44. The van der Waals surface area contributed by atoms with Gasteiger partial charge in [-0.25, -0.2) is 9.18 Å². The molecule has 2 amide bonds. The summed E-state index contributed by atoms with van der Waals surface area (Å²) in [5, 5.41) is 2.56. The van der Waals surface area contributed by atoms with E-state index >= 15 is 4.39 Å². The summed E-state index contributed by atoms with van der Waals surface area (Å²) >= 11 is 1.12. The number of anilines is 1. The average Bonchev–Trinajstić information content (AvgIpc) is 3.03. The number of nitrogens with one attached hydrogen (secondary N) is 1. The van der Waals surface area contributed by atoms with Gasteiger partial charge in [-0.1, -0.05) is 42.5 Å². The summed E-state index contributed by atoms with van der Waals surface area (Å²) in [5.74, 6) is -2.17. The van der Waals surface area contributed by atoms with Crippen molar-refractivity contribution in [2.24, 2.45) is 0 Å². The topological polar surface area (TPSA) is 84.9 Å². The van der Waals surface area contributed by atoms with Gasteiger partial charge in [0.15, 0.2) is 5.78 Å². The Morgan fingerprint density at radius 3 is 2.30 bits per heavy atom. The molecule has 1 aliphatic heterocycles. The zero-order chi connectivity index (χ0) is 31.4. The van der Waals surface area contributed by atoms with E-state index in [2.05, 4.69) is 10.1 Å².